The Morgan fingerprint density at radius 1 is 1.33 bits per heavy atom. The van der Waals surface area contributed by atoms with Crippen molar-refractivity contribution in [3.05, 3.63) is 34.9 Å². The van der Waals surface area contributed by atoms with Crippen LogP contribution in [0.1, 0.15) is 16.7 Å². The lowest BCUT2D eigenvalue weighted by atomic mass is 9.95. The topological polar surface area (TPSA) is 41.5 Å². The standard InChI is InChI=1S/C12H14N2O/c1-8-4-3-5-9(2)10(8)6-11-12(15)7-13-14-11/h3-5,7,11,14H,6H2,1-2H3. The first kappa shape index (κ1) is 9.90. The van der Waals surface area contributed by atoms with E-state index >= 15 is 0 Å². The molecule has 1 atom stereocenters. The lowest BCUT2D eigenvalue weighted by Gasteiger charge is -2.13. The van der Waals surface area contributed by atoms with Gasteiger partial charge in [0.25, 0.3) is 0 Å². The van der Waals surface area contributed by atoms with E-state index in [-0.39, 0.29) is 11.8 Å². The van der Waals surface area contributed by atoms with Crippen LogP contribution in [0.25, 0.3) is 0 Å². The Morgan fingerprint density at radius 3 is 2.53 bits per heavy atom. The maximum Gasteiger partial charge on any atom is 0.199 e. The molecule has 0 spiro atoms. The van der Waals surface area contributed by atoms with Gasteiger partial charge in [-0.2, -0.15) is 5.10 Å². The molecule has 1 aliphatic rings. The summed E-state index contributed by atoms with van der Waals surface area (Å²) in [5, 5.41) is 3.78. The smallest absolute Gasteiger partial charge is 0.199 e. The first-order chi connectivity index (χ1) is 7.18. The normalized spacial score (nSPS) is 19.3. The molecule has 1 aromatic rings. The molecule has 0 aliphatic carbocycles. The molecule has 0 radical (unpaired) electrons. The number of carbonyl (C=O) groups excluding carboxylic acids is 1. The summed E-state index contributed by atoms with van der Waals surface area (Å²) in [7, 11) is 0. The molecule has 1 aliphatic heterocycles. The third-order valence-corrected chi connectivity index (χ3v) is 2.82. The number of hydrogen-bond acceptors (Lipinski definition) is 3. The first-order valence-electron chi connectivity index (χ1n) is 5.06. The third kappa shape index (κ3) is 1.91. The number of Topliss-reactive ketones (excluding diaryl/α,β-unsaturated/α-hetero) is 1. The molecule has 0 aromatic heterocycles. The van der Waals surface area contributed by atoms with E-state index < -0.39 is 0 Å². The summed E-state index contributed by atoms with van der Waals surface area (Å²) >= 11 is 0. The van der Waals surface area contributed by atoms with E-state index in [0.29, 0.717) is 0 Å². The van der Waals surface area contributed by atoms with Crippen molar-refractivity contribution in [2.45, 2.75) is 26.3 Å². The van der Waals surface area contributed by atoms with Crippen molar-refractivity contribution in [3.63, 3.8) is 0 Å². The second-order valence-corrected chi connectivity index (χ2v) is 3.92. The maximum absolute atomic E-state index is 11.4. The Morgan fingerprint density at radius 2 is 2.00 bits per heavy atom. The van der Waals surface area contributed by atoms with Crippen LogP contribution in [0.4, 0.5) is 0 Å². The van der Waals surface area contributed by atoms with E-state index in [1.54, 1.807) is 0 Å². The fourth-order valence-electron chi connectivity index (χ4n) is 1.87. The van der Waals surface area contributed by atoms with E-state index in [2.05, 4.69) is 36.5 Å². The number of ketones is 1. The predicted octanol–water partition coefficient (Wildman–Crippen LogP) is 1.37. The third-order valence-electron chi connectivity index (χ3n) is 2.82. The zero-order valence-corrected chi connectivity index (χ0v) is 8.95. The van der Waals surface area contributed by atoms with Gasteiger partial charge in [0.05, 0.1) is 6.21 Å². The second-order valence-electron chi connectivity index (χ2n) is 3.92. The van der Waals surface area contributed by atoms with Gasteiger partial charge in [0.1, 0.15) is 6.04 Å². The molecule has 0 fully saturated rings. The van der Waals surface area contributed by atoms with Crippen molar-refractivity contribution >= 4 is 12.0 Å². The van der Waals surface area contributed by atoms with E-state index in [9.17, 15) is 4.79 Å². The molecule has 1 unspecified atom stereocenters. The van der Waals surface area contributed by atoms with Gasteiger partial charge in [-0.15, -0.1) is 0 Å². The zero-order valence-electron chi connectivity index (χ0n) is 8.95. The van der Waals surface area contributed by atoms with Gasteiger partial charge in [0.15, 0.2) is 5.78 Å². The summed E-state index contributed by atoms with van der Waals surface area (Å²) < 4.78 is 0. The molecule has 2 rings (SSSR count). The molecule has 3 heteroatoms. The van der Waals surface area contributed by atoms with Gasteiger partial charge in [-0.05, 0) is 30.5 Å². The average molecular weight is 202 g/mol. The Labute approximate surface area is 89.2 Å². The highest BCUT2D eigenvalue weighted by Crippen LogP contribution is 2.16. The fourth-order valence-corrected chi connectivity index (χ4v) is 1.87. The minimum absolute atomic E-state index is 0.0673. The van der Waals surface area contributed by atoms with Crippen molar-refractivity contribution < 1.29 is 4.79 Å². The molecule has 15 heavy (non-hydrogen) atoms. The Balaban J connectivity index is 2.21. The van der Waals surface area contributed by atoms with Crippen LogP contribution in [-0.4, -0.2) is 18.0 Å². The first-order valence-corrected chi connectivity index (χ1v) is 5.06. The molecule has 1 N–H and O–H groups in total. The van der Waals surface area contributed by atoms with Gasteiger partial charge >= 0.3 is 0 Å². The summed E-state index contributed by atoms with van der Waals surface area (Å²) in [5.41, 5.74) is 6.54. The highest BCUT2D eigenvalue weighted by molar-refractivity contribution is 6.31. The van der Waals surface area contributed by atoms with Crippen LogP contribution >= 0.6 is 0 Å². The highest BCUT2D eigenvalue weighted by Gasteiger charge is 2.21. The number of aryl methyl sites for hydroxylation is 2. The van der Waals surface area contributed by atoms with Crippen LogP contribution in [-0.2, 0) is 11.2 Å². The molecule has 0 bridgehead atoms. The molecule has 3 nitrogen and oxygen atoms in total. The summed E-state index contributed by atoms with van der Waals surface area (Å²) in [6.07, 6.45) is 2.08. The Bertz CT molecular complexity index is 403. The van der Waals surface area contributed by atoms with Gasteiger partial charge in [0.2, 0.25) is 0 Å². The minimum Gasteiger partial charge on any atom is -0.299 e. The van der Waals surface area contributed by atoms with Crippen molar-refractivity contribution in [1.29, 1.82) is 0 Å². The molecule has 78 valence electrons. The summed E-state index contributed by atoms with van der Waals surface area (Å²) in [5.74, 6) is 0.0673. The number of benzene rings is 1. The molecule has 0 amide bonds. The van der Waals surface area contributed by atoms with Gasteiger partial charge in [-0.1, -0.05) is 18.2 Å². The number of hydrogen-bond donors (Lipinski definition) is 1. The summed E-state index contributed by atoms with van der Waals surface area (Å²) in [4.78, 5) is 11.4. The fraction of sp³-hybridized carbons (Fsp3) is 0.333. The van der Waals surface area contributed by atoms with E-state index in [0.717, 1.165) is 6.42 Å². The SMILES string of the molecule is Cc1cccc(C)c1CC1NN=CC1=O. The van der Waals surface area contributed by atoms with Crippen molar-refractivity contribution in [2.24, 2.45) is 5.10 Å². The predicted molar refractivity (Wildman–Crippen MR) is 60.0 cm³/mol. The number of carbonyl (C=O) groups is 1. The van der Waals surface area contributed by atoms with Crippen molar-refractivity contribution in [1.82, 2.24) is 5.43 Å². The highest BCUT2D eigenvalue weighted by atomic mass is 16.1. The molecular formula is C12H14N2O. The van der Waals surface area contributed by atoms with Crippen LogP contribution in [0.2, 0.25) is 0 Å². The summed E-state index contributed by atoms with van der Waals surface area (Å²) in [6.45, 7) is 4.14. The van der Waals surface area contributed by atoms with Crippen LogP contribution in [0.5, 0.6) is 0 Å². The van der Waals surface area contributed by atoms with Gasteiger partial charge in [0, 0.05) is 6.42 Å². The van der Waals surface area contributed by atoms with Crippen LogP contribution in [0.15, 0.2) is 23.3 Å². The molecule has 0 saturated heterocycles. The second kappa shape index (κ2) is 3.85. The van der Waals surface area contributed by atoms with E-state index in [1.807, 2.05) is 6.07 Å². The quantitative estimate of drug-likeness (QED) is 0.787. The maximum atomic E-state index is 11.4. The number of nitrogens with one attached hydrogen (secondary N) is 1. The Hall–Kier alpha value is -1.64. The molecule has 0 saturated carbocycles. The molecule has 1 heterocycles. The monoisotopic (exact) mass is 202 g/mol. The number of hydrazone groups is 1. The molecule has 1 aromatic carbocycles. The number of rotatable bonds is 2. The van der Waals surface area contributed by atoms with Crippen molar-refractivity contribution in [3.8, 4) is 0 Å². The molecular weight excluding hydrogens is 188 g/mol. The van der Waals surface area contributed by atoms with Gasteiger partial charge in [-0.3, -0.25) is 10.2 Å². The largest absolute Gasteiger partial charge is 0.299 e. The van der Waals surface area contributed by atoms with Gasteiger partial charge in [-0.25, -0.2) is 0 Å². The average Bonchev–Trinajstić information content (AvgIpc) is 2.58. The lowest BCUT2D eigenvalue weighted by Crippen LogP contribution is -2.30. The van der Waals surface area contributed by atoms with Crippen LogP contribution in [0.3, 0.4) is 0 Å². The lowest BCUT2D eigenvalue weighted by molar-refractivity contribution is -0.113. The number of nitrogens with zero attached hydrogens (tertiary/aromatic N) is 1. The van der Waals surface area contributed by atoms with Crippen LogP contribution < -0.4 is 5.43 Å². The van der Waals surface area contributed by atoms with Gasteiger partial charge < -0.3 is 0 Å². The summed E-state index contributed by atoms with van der Waals surface area (Å²) in [6, 6.07) is 6.00. The van der Waals surface area contributed by atoms with Crippen LogP contribution in [0, 0.1) is 13.8 Å². The zero-order chi connectivity index (χ0) is 10.8. The van der Waals surface area contributed by atoms with Crippen molar-refractivity contribution in [2.75, 3.05) is 0 Å². The Kier molecular flexibility index (Phi) is 2.54. The van der Waals surface area contributed by atoms with E-state index in [4.69, 9.17) is 0 Å². The van der Waals surface area contributed by atoms with E-state index in [1.165, 1.54) is 22.9 Å². The minimum atomic E-state index is -0.176.